The topological polar surface area (TPSA) is 81.0 Å². The van der Waals surface area contributed by atoms with Crippen molar-refractivity contribution in [2.45, 2.75) is 32.4 Å². The van der Waals surface area contributed by atoms with Crippen LogP contribution in [0.5, 0.6) is 5.75 Å². The maximum absolute atomic E-state index is 14.6. The Kier molecular flexibility index (Phi) is 6.89. The zero-order chi connectivity index (χ0) is 25.9. The minimum absolute atomic E-state index is 0.195. The van der Waals surface area contributed by atoms with Gasteiger partial charge in [-0.05, 0) is 61.7 Å². The molecule has 1 saturated heterocycles. The third-order valence-electron chi connectivity index (χ3n) is 6.43. The van der Waals surface area contributed by atoms with Crippen molar-refractivity contribution in [1.29, 1.82) is 0 Å². The third-order valence-corrected chi connectivity index (χ3v) is 6.43. The summed E-state index contributed by atoms with van der Waals surface area (Å²) in [5, 5.41) is 7.74. The van der Waals surface area contributed by atoms with E-state index >= 15 is 0 Å². The van der Waals surface area contributed by atoms with Gasteiger partial charge in [-0.1, -0.05) is 12.1 Å². The van der Waals surface area contributed by atoms with Crippen LogP contribution < -0.4 is 15.0 Å². The van der Waals surface area contributed by atoms with Gasteiger partial charge in [0.1, 0.15) is 28.8 Å². The number of carbonyl (C=O) groups is 1. The summed E-state index contributed by atoms with van der Waals surface area (Å²) in [6.45, 7) is 2.96. The molecule has 192 valence electrons. The van der Waals surface area contributed by atoms with Crippen LogP contribution in [0.3, 0.4) is 0 Å². The maximum atomic E-state index is 14.6. The summed E-state index contributed by atoms with van der Waals surface area (Å²) >= 11 is 0. The van der Waals surface area contributed by atoms with Gasteiger partial charge in [-0.15, -0.1) is 5.10 Å². The van der Waals surface area contributed by atoms with Crippen LogP contribution in [0.15, 0.2) is 54.7 Å². The molecule has 0 radical (unpaired) electrons. The number of nitrogens with one attached hydrogen (secondary N) is 1. The maximum Gasteiger partial charge on any atom is 0.345 e. The predicted molar refractivity (Wildman–Crippen MR) is 135 cm³/mol. The minimum atomic E-state index is -0.548. The van der Waals surface area contributed by atoms with Crippen LogP contribution in [0, 0.1) is 11.6 Å². The molecule has 1 aliphatic rings. The van der Waals surface area contributed by atoms with Gasteiger partial charge in [-0.25, -0.2) is 23.1 Å². The van der Waals surface area contributed by atoms with Crippen LogP contribution in [-0.4, -0.2) is 40.8 Å². The number of ether oxygens (including phenoxy) is 2. The Labute approximate surface area is 212 Å². The average Bonchev–Trinajstić information content (AvgIpc) is 3.53. The molecule has 1 N–H and O–H groups in total. The highest BCUT2D eigenvalue weighted by Crippen LogP contribution is 2.37. The van der Waals surface area contributed by atoms with Gasteiger partial charge in [0.15, 0.2) is 11.5 Å². The second-order valence-corrected chi connectivity index (χ2v) is 8.72. The zero-order valence-corrected chi connectivity index (χ0v) is 20.6. The number of benzene rings is 2. The van der Waals surface area contributed by atoms with Gasteiger partial charge in [-0.3, -0.25) is 0 Å². The average molecular weight is 508 g/mol. The second kappa shape index (κ2) is 10.4. The van der Waals surface area contributed by atoms with Crippen LogP contribution >= 0.6 is 0 Å². The fraction of sp³-hybridized carbons (Fsp3) is 0.296. The van der Waals surface area contributed by atoms with Crippen LogP contribution in [0.25, 0.3) is 5.65 Å². The molecule has 4 aromatic rings. The third kappa shape index (κ3) is 4.91. The first-order chi connectivity index (χ1) is 18.0. The summed E-state index contributed by atoms with van der Waals surface area (Å²) in [5.74, 6) is 0.145. The largest absolute Gasteiger partial charge is 0.497 e. The van der Waals surface area contributed by atoms with Crippen molar-refractivity contribution in [2.24, 2.45) is 0 Å². The lowest BCUT2D eigenvalue weighted by Crippen LogP contribution is -2.24. The summed E-state index contributed by atoms with van der Waals surface area (Å²) in [4.78, 5) is 19.6. The highest BCUT2D eigenvalue weighted by molar-refractivity contribution is 6.01. The number of fused-ring (bicyclic) bond motifs is 1. The van der Waals surface area contributed by atoms with Crippen molar-refractivity contribution in [3.05, 3.63) is 83.1 Å². The standard InChI is InChI=1S/C27H27F2N5O3/c1-3-37-27(35)24-25(30-16-17-6-9-19(36-2)10-7-17)32-34-14-12-23(31-26(24)34)33-13-4-5-22(33)20-15-18(28)8-11-21(20)29/h6-12,14-15,22H,3-5,13,16H2,1-2H3,(H,30,32). The van der Waals surface area contributed by atoms with Crippen molar-refractivity contribution in [2.75, 3.05) is 30.5 Å². The van der Waals surface area contributed by atoms with E-state index in [1.165, 1.54) is 10.6 Å². The van der Waals surface area contributed by atoms with Crippen molar-refractivity contribution < 1.29 is 23.0 Å². The van der Waals surface area contributed by atoms with Gasteiger partial charge in [0.25, 0.3) is 0 Å². The van der Waals surface area contributed by atoms with Gasteiger partial charge in [0.05, 0.1) is 19.8 Å². The van der Waals surface area contributed by atoms with Crippen molar-refractivity contribution in [1.82, 2.24) is 14.6 Å². The monoisotopic (exact) mass is 507 g/mol. The van der Waals surface area contributed by atoms with E-state index < -0.39 is 17.6 Å². The van der Waals surface area contributed by atoms with E-state index in [4.69, 9.17) is 14.5 Å². The molecule has 0 spiro atoms. The SMILES string of the molecule is CCOC(=O)c1c(NCc2ccc(OC)cc2)nn2ccc(N3CCCC3c3cc(F)ccc3F)nc12. The molecule has 5 rings (SSSR count). The molecule has 8 nitrogen and oxygen atoms in total. The van der Waals surface area contributed by atoms with E-state index in [-0.39, 0.29) is 18.2 Å². The molecule has 10 heteroatoms. The lowest BCUT2D eigenvalue weighted by molar-refractivity contribution is 0.0529. The summed E-state index contributed by atoms with van der Waals surface area (Å²) in [6.07, 6.45) is 3.16. The van der Waals surface area contributed by atoms with Crippen LogP contribution in [-0.2, 0) is 11.3 Å². The number of rotatable bonds is 8. The van der Waals surface area contributed by atoms with Crippen molar-refractivity contribution >= 4 is 23.3 Å². The Bertz CT molecular complexity index is 1420. The molecule has 0 bridgehead atoms. The Morgan fingerprint density at radius 3 is 2.73 bits per heavy atom. The zero-order valence-electron chi connectivity index (χ0n) is 20.6. The Hall–Kier alpha value is -4.21. The first-order valence-electron chi connectivity index (χ1n) is 12.1. The second-order valence-electron chi connectivity index (χ2n) is 8.72. The van der Waals surface area contributed by atoms with Crippen LogP contribution in [0.2, 0.25) is 0 Å². The number of hydrogen-bond donors (Lipinski definition) is 1. The van der Waals surface area contributed by atoms with Gasteiger partial charge in [0.2, 0.25) is 0 Å². The van der Waals surface area contributed by atoms with E-state index in [0.29, 0.717) is 42.4 Å². The molecule has 2 aromatic carbocycles. The fourth-order valence-corrected chi connectivity index (χ4v) is 4.66. The van der Waals surface area contributed by atoms with Gasteiger partial charge < -0.3 is 19.7 Å². The van der Waals surface area contributed by atoms with E-state index in [2.05, 4.69) is 10.4 Å². The Morgan fingerprint density at radius 2 is 1.97 bits per heavy atom. The van der Waals surface area contributed by atoms with Gasteiger partial charge in [0, 0.05) is 24.8 Å². The molecule has 0 aliphatic carbocycles. The van der Waals surface area contributed by atoms with Crippen LogP contribution in [0.1, 0.15) is 47.3 Å². The first-order valence-corrected chi connectivity index (χ1v) is 12.1. The quantitative estimate of drug-likeness (QED) is 0.331. The van der Waals surface area contributed by atoms with Crippen molar-refractivity contribution in [3.8, 4) is 5.75 Å². The highest BCUT2D eigenvalue weighted by atomic mass is 19.1. The highest BCUT2D eigenvalue weighted by Gasteiger charge is 2.31. The predicted octanol–water partition coefficient (Wildman–Crippen LogP) is 5.15. The molecule has 1 aliphatic heterocycles. The number of carbonyl (C=O) groups excluding carboxylic acids is 1. The molecule has 1 atom stereocenters. The minimum Gasteiger partial charge on any atom is -0.497 e. The number of methoxy groups -OCH3 is 1. The number of aromatic nitrogens is 3. The summed E-state index contributed by atoms with van der Waals surface area (Å²) in [5.41, 5.74) is 1.79. The van der Waals surface area contributed by atoms with Crippen molar-refractivity contribution in [3.63, 3.8) is 0 Å². The molecule has 37 heavy (non-hydrogen) atoms. The Balaban J connectivity index is 1.49. The molecule has 0 saturated carbocycles. The van der Waals surface area contributed by atoms with Crippen LogP contribution in [0.4, 0.5) is 20.4 Å². The lowest BCUT2D eigenvalue weighted by atomic mass is 10.0. The molecule has 0 amide bonds. The number of nitrogens with zero attached hydrogens (tertiary/aromatic N) is 4. The molecular formula is C27H27F2N5O3. The molecule has 1 fully saturated rings. The normalized spacial score (nSPS) is 15.2. The molecule has 3 heterocycles. The summed E-state index contributed by atoms with van der Waals surface area (Å²) in [6, 6.07) is 12.4. The van der Waals surface area contributed by atoms with E-state index in [1.54, 1.807) is 26.3 Å². The molecule has 2 aromatic heterocycles. The Morgan fingerprint density at radius 1 is 1.16 bits per heavy atom. The lowest BCUT2D eigenvalue weighted by Gasteiger charge is -2.26. The number of anilines is 2. The molecular weight excluding hydrogens is 480 g/mol. The van der Waals surface area contributed by atoms with E-state index in [1.807, 2.05) is 29.2 Å². The van der Waals surface area contributed by atoms with E-state index in [9.17, 15) is 13.6 Å². The fourth-order valence-electron chi connectivity index (χ4n) is 4.66. The number of hydrogen-bond acceptors (Lipinski definition) is 7. The first kappa shape index (κ1) is 24.5. The van der Waals surface area contributed by atoms with Gasteiger partial charge >= 0.3 is 5.97 Å². The number of halogens is 2. The molecule has 1 unspecified atom stereocenters. The van der Waals surface area contributed by atoms with E-state index in [0.717, 1.165) is 29.9 Å². The van der Waals surface area contributed by atoms with Gasteiger partial charge in [-0.2, -0.15) is 0 Å². The summed E-state index contributed by atoms with van der Waals surface area (Å²) < 4.78 is 40.5. The number of esters is 1. The summed E-state index contributed by atoms with van der Waals surface area (Å²) in [7, 11) is 1.61. The smallest absolute Gasteiger partial charge is 0.345 e.